The van der Waals surface area contributed by atoms with Crippen LogP contribution in [-0.4, -0.2) is 49.1 Å². The highest BCUT2D eigenvalue weighted by Gasteiger charge is 2.20. The van der Waals surface area contributed by atoms with Crippen molar-refractivity contribution >= 4 is 27.0 Å². The van der Waals surface area contributed by atoms with E-state index in [2.05, 4.69) is 16.8 Å². The second kappa shape index (κ2) is 10.0. The van der Waals surface area contributed by atoms with Crippen LogP contribution in [0.5, 0.6) is 11.5 Å². The number of sulfonamides is 1. The van der Waals surface area contributed by atoms with Gasteiger partial charge in [-0.05, 0) is 42.3 Å². The average Bonchev–Trinajstić information content (AvgIpc) is 3.43. The summed E-state index contributed by atoms with van der Waals surface area (Å²) < 4.78 is 39.0. The van der Waals surface area contributed by atoms with Crippen molar-refractivity contribution in [3.63, 3.8) is 0 Å². The molecule has 10 heteroatoms. The first kappa shape index (κ1) is 24.0. The Kier molecular flexibility index (Phi) is 7.08. The van der Waals surface area contributed by atoms with Crippen LogP contribution >= 0.6 is 0 Å². The zero-order valence-corrected chi connectivity index (χ0v) is 20.5. The molecule has 3 aromatic rings. The monoisotopic (exact) mass is 486 g/mol. The Labute approximate surface area is 199 Å². The number of fused-ring (bicyclic) bond motifs is 2. The number of carbonyl (C=O) groups is 1. The zero-order valence-electron chi connectivity index (χ0n) is 19.7. The van der Waals surface area contributed by atoms with Crippen molar-refractivity contribution in [2.75, 3.05) is 20.9 Å². The molecule has 1 aliphatic rings. The van der Waals surface area contributed by atoms with Crippen LogP contribution in [-0.2, 0) is 34.3 Å². The minimum Gasteiger partial charge on any atom is -0.454 e. The van der Waals surface area contributed by atoms with E-state index in [1.165, 1.54) is 18.4 Å². The Balaban J connectivity index is 1.46. The molecule has 1 N–H and O–H groups in total. The van der Waals surface area contributed by atoms with E-state index >= 15 is 0 Å². The number of ether oxygens (including phenoxy) is 2. The second-order valence-electron chi connectivity index (χ2n) is 8.44. The van der Waals surface area contributed by atoms with E-state index in [1.807, 2.05) is 18.2 Å². The lowest BCUT2D eigenvalue weighted by atomic mass is 10.2. The number of unbranched alkanes of at least 4 members (excludes halogenated alkanes) is 1. The van der Waals surface area contributed by atoms with E-state index in [0.29, 0.717) is 30.0 Å². The Hall–Kier alpha value is -3.11. The third-order valence-corrected chi connectivity index (χ3v) is 7.63. The number of aromatic nitrogens is 2. The van der Waals surface area contributed by atoms with E-state index in [4.69, 9.17) is 14.5 Å². The van der Waals surface area contributed by atoms with Crippen LogP contribution < -0.4 is 14.8 Å². The SMILES string of the molecule is CCCCn1c(CCC(=O)NCc2ccc3c(c2)OCO3)nc2cc(S(=O)(=O)N(C)C)ccc21. The van der Waals surface area contributed by atoms with E-state index in [9.17, 15) is 13.2 Å². The van der Waals surface area contributed by atoms with Crippen LogP contribution in [0.2, 0.25) is 0 Å². The van der Waals surface area contributed by atoms with Crippen LogP contribution in [0.25, 0.3) is 11.0 Å². The van der Waals surface area contributed by atoms with E-state index < -0.39 is 10.0 Å². The van der Waals surface area contributed by atoms with Crippen molar-refractivity contribution in [2.45, 2.75) is 50.6 Å². The van der Waals surface area contributed by atoms with E-state index in [-0.39, 0.29) is 24.0 Å². The summed E-state index contributed by atoms with van der Waals surface area (Å²) in [6.07, 6.45) is 2.72. The van der Waals surface area contributed by atoms with Crippen molar-refractivity contribution < 1.29 is 22.7 Å². The Bertz CT molecular complexity index is 1300. The number of imidazole rings is 1. The maximum absolute atomic E-state index is 12.5. The molecule has 1 aromatic heterocycles. The molecule has 0 atom stereocenters. The molecule has 182 valence electrons. The predicted octanol–water partition coefficient (Wildman–Crippen LogP) is 3.06. The molecular formula is C24H30N4O5S. The molecule has 2 aromatic carbocycles. The molecule has 0 radical (unpaired) electrons. The van der Waals surface area contributed by atoms with Gasteiger partial charge in [-0.25, -0.2) is 17.7 Å². The molecule has 34 heavy (non-hydrogen) atoms. The van der Waals surface area contributed by atoms with Gasteiger partial charge in [-0.1, -0.05) is 19.4 Å². The first-order chi connectivity index (χ1) is 16.3. The highest BCUT2D eigenvalue weighted by Crippen LogP contribution is 2.32. The molecule has 1 aliphatic heterocycles. The van der Waals surface area contributed by atoms with Gasteiger partial charge in [0.2, 0.25) is 22.7 Å². The minimum atomic E-state index is -3.55. The molecule has 1 amide bonds. The first-order valence-corrected chi connectivity index (χ1v) is 12.8. The number of rotatable bonds is 10. The van der Waals surface area contributed by atoms with Gasteiger partial charge in [0.05, 0.1) is 15.9 Å². The largest absolute Gasteiger partial charge is 0.454 e. The second-order valence-corrected chi connectivity index (χ2v) is 10.6. The number of aryl methyl sites for hydroxylation is 2. The van der Waals surface area contributed by atoms with Gasteiger partial charge in [0, 0.05) is 40.0 Å². The smallest absolute Gasteiger partial charge is 0.242 e. The Morgan fingerprint density at radius 3 is 2.71 bits per heavy atom. The maximum Gasteiger partial charge on any atom is 0.242 e. The third-order valence-electron chi connectivity index (χ3n) is 5.81. The summed E-state index contributed by atoms with van der Waals surface area (Å²) in [5.41, 5.74) is 2.43. The third kappa shape index (κ3) is 5.02. The van der Waals surface area contributed by atoms with Crippen molar-refractivity contribution in [1.29, 1.82) is 0 Å². The minimum absolute atomic E-state index is 0.0809. The van der Waals surface area contributed by atoms with E-state index in [1.54, 1.807) is 18.2 Å². The van der Waals surface area contributed by atoms with Crippen molar-refractivity contribution in [3.05, 3.63) is 47.8 Å². The van der Waals surface area contributed by atoms with E-state index in [0.717, 1.165) is 36.3 Å². The Morgan fingerprint density at radius 2 is 1.94 bits per heavy atom. The summed E-state index contributed by atoms with van der Waals surface area (Å²) in [4.78, 5) is 17.4. The summed E-state index contributed by atoms with van der Waals surface area (Å²) in [5.74, 6) is 2.10. The number of hydrogen-bond acceptors (Lipinski definition) is 6. The molecule has 9 nitrogen and oxygen atoms in total. The summed E-state index contributed by atoms with van der Waals surface area (Å²) in [6, 6.07) is 10.6. The lowest BCUT2D eigenvalue weighted by molar-refractivity contribution is -0.121. The lowest BCUT2D eigenvalue weighted by Crippen LogP contribution is -2.23. The van der Waals surface area contributed by atoms with Gasteiger partial charge in [-0.15, -0.1) is 0 Å². The molecule has 0 fully saturated rings. The molecule has 0 saturated carbocycles. The van der Waals surface area contributed by atoms with Gasteiger partial charge in [-0.2, -0.15) is 0 Å². The fourth-order valence-electron chi connectivity index (χ4n) is 3.85. The van der Waals surface area contributed by atoms with Crippen molar-refractivity contribution in [1.82, 2.24) is 19.2 Å². The van der Waals surface area contributed by atoms with Crippen LogP contribution in [0.1, 0.15) is 37.6 Å². The number of benzene rings is 2. The number of amides is 1. The van der Waals surface area contributed by atoms with Gasteiger partial charge < -0.3 is 19.4 Å². The molecule has 0 bridgehead atoms. The average molecular weight is 487 g/mol. The topological polar surface area (TPSA) is 103 Å². The molecule has 0 saturated heterocycles. The molecule has 4 rings (SSSR count). The predicted molar refractivity (Wildman–Crippen MR) is 128 cm³/mol. The molecule has 0 unspecified atom stereocenters. The highest BCUT2D eigenvalue weighted by atomic mass is 32.2. The number of carbonyl (C=O) groups excluding carboxylic acids is 1. The van der Waals surface area contributed by atoms with Gasteiger partial charge in [0.25, 0.3) is 0 Å². The Morgan fingerprint density at radius 1 is 1.15 bits per heavy atom. The summed E-state index contributed by atoms with van der Waals surface area (Å²) >= 11 is 0. The number of nitrogens with one attached hydrogen (secondary N) is 1. The maximum atomic E-state index is 12.5. The van der Waals surface area contributed by atoms with Crippen LogP contribution in [0.15, 0.2) is 41.3 Å². The van der Waals surface area contributed by atoms with Gasteiger partial charge in [0.1, 0.15) is 5.82 Å². The number of nitrogens with zero attached hydrogens (tertiary/aromatic N) is 3. The normalized spacial score (nSPS) is 13.1. The van der Waals surface area contributed by atoms with Crippen molar-refractivity contribution in [3.8, 4) is 11.5 Å². The molecule has 2 heterocycles. The highest BCUT2D eigenvalue weighted by molar-refractivity contribution is 7.89. The van der Waals surface area contributed by atoms with Crippen LogP contribution in [0, 0.1) is 0 Å². The van der Waals surface area contributed by atoms with Gasteiger partial charge >= 0.3 is 0 Å². The first-order valence-electron chi connectivity index (χ1n) is 11.4. The van der Waals surface area contributed by atoms with Crippen LogP contribution in [0.4, 0.5) is 0 Å². The zero-order chi connectivity index (χ0) is 24.3. The fourth-order valence-corrected chi connectivity index (χ4v) is 4.77. The van der Waals surface area contributed by atoms with Gasteiger partial charge in [-0.3, -0.25) is 4.79 Å². The summed E-state index contributed by atoms with van der Waals surface area (Å²) in [6.45, 7) is 3.49. The number of hydrogen-bond donors (Lipinski definition) is 1. The fraction of sp³-hybridized carbons (Fsp3) is 0.417. The van der Waals surface area contributed by atoms with Gasteiger partial charge in [0.15, 0.2) is 11.5 Å². The molecular weight excluding hydrogens is 456 g/mol. The summed E-state index contributed by atoms with van der Waals surface area (Å²) in [7, 11) is -0.535. The van der Waals surface area contributed by atoms with Crippen LogP contribution in [0.3, 0.4) is 0 Å². The summed E-state index contributed by atoms with van der Waals surface area (Å²) in [5, 5.41) is 2.94. The molecule has 0 aliphatic carbocycles. The van der Waals surface area contributed by atoms with Crippen molar-refractivity contribution in [2.24, 2.45) is 0 Å². The molecule has 0 spiro atoms. The quantitative estimate of drug-likeness (QED) is 0.473. The lowest BCUT2D eigenvalue weighted by Gasteiger charge is -2.11. The standard InChI is InChI=1S/C24H30N4O5S/c1-4-5-12-28-20-8-7-18(34(30,31)27(2)3)14-19(20)26-23(28)10-11-24(29)25-15-17-6-9-21-22(13-17)33-16-32-21/h6-9,13-14H,4-5,10-12,15-16H2,1-3H3,(H,25,29).